The van der Waals surface area contributed by atoms with Crippen molar-refractivity contribution < 1.29 is 14.6 Å². The van der Waals surface area contributed by atoms with Gasteiger partial charge in [0.1, 0.15) is 17.3 Å². The van der Waals surface area contributed by atoms with Crippen molar-refractivity contribution in [3.8, 4) is 17.0 Å². The number of nitrogens with one attached hydrogen (secondary N) is 1. The van der Waals surface area contributed by atoms with Crippen LogP contribution in [0, 0.1) is 0 Å². The maximum Gasteiger partial charge on any atom is 0.338 e. The minimum absolute atomic E-state index is 0.120. The summed E-state index contributed by atoms with van der Waals surface area (Å²) in [7, 11) is 0. The average molecular weight is 374 g/mol. The number of aromatic nitrogens is 3. The Kier molecular flexibility index (Phi) is 4.63. The predicted octanol–water partition coefficient (Wildman–Crippen LogP) is 4.02. The lowest BCUT2D eigenvalue weighted by Crippen LogP contribution is -2.05. The van der Waals surface area contributed by atoms with E-state index in [2.05, 4.69) is 15.3 Å². The number of rotatable bonds is 5. The number of carbonyl (C=O) groups is 1. The Morgan fingerprint density at radius 3 is 2.86 bits per heavy atom. The van der Waals surface area contributed by atoms with E-state index < -0.39 is 0 Å². The second kappa shape index (κ2) is 7.40. The van der Waals surface area contributed by atoms with E-state index in [-0.39, 0.29) is 11.7 Å². The molecule has 2 aromatic heterocycles. The summed E-state index contributed by atoms with van der Waals surface area (Å²) in [5.41, 5.74) is 2.27. The Hall–Kier alpha value is -3.87. The molecule has 0 aliphatic heterocycles. The van der Waals surface area contributed by atoms with Gasteiger partial charge < -0.3 is 15.2 Å². The van der Waals surface area contributed by atoms with Gasteiger partial charge in [0.15, 0.2) is 0 Å². The fraction of sp³-hybridized carbons (Fsp3) is 0.0952. The van der Waals surface area contributed by atoms with Crippen LogP contribution in [0.5, 0.6) is 5.75 Å². The lowest BCUT2D eigenvalue weighted by atomic mass is 10.1. The van der Waals surface area contributed by atoms with Crippen molar-refractivity contribution in [2.45, 2.75) is 6.92 Å². The molecule has 2 N–H and O–H groups in total. The summed E-state index contributed by atoms with van der Waals surface area (Å²) >= 11 is 0. The van der Waals surface area contributed by atoms with Crippen LogP contribution < -0.4 is 5.32 Å². The highest BCUT2D eigenvalue weighted by Crippen LogP contribution is 2.35. The molecule has 0 unspecified atom stereocenters. The fourth-order valence-electron chi connectivity index (χ4n) is 2.94. The number of benzene rings is 2. The van der Waals surface area contributed by atoms with Gasteiger partial charge in [0.05, 0.1) is 12.2 Å². The fourth-order valence-corrected chi connectivity index (χ4v) is 2.94. The Balaban J connectivity index is 1.81. The summed E-state index contributed by atoms with van der Waals surface area (Å²) in [4.78, 5) is 20.9. The van der Waals surface area contributed by atoms with Crippen molar-refractivity contribution >= 4 is 23.3 Å². The molecule has 2 heterocycles. The molecule has 0 fully saturated rings. The summed E-state index contributed by atoms with van der Waals surface area (Å²) in [6.45, 7) is 2.08. The standard InChI is InChI=1S/C21H18N4O3/c1-2-28-20(27)14-7-5-8-15(13-14)23-19-18(16-9-3-4-10-17(16)26)24-21-22-11-6-12-25(19)21/h3-13,23,26H,2H2,1H3. The molecule has 0 spiro atoms. The molecule has 0 saturated heterocycles. The lowest BCUT2D eigenvalue weighted by molar-refractivity contribution is 0.0526. The quantitative estimate of drug-likeness (QED) is 0.513. The van der Waals surface area contributed by atoms with Crippen LogP contribution in [0.2, 0.25) is 0 Å². The number of phenolic OH excluding ortho intramolecular Hbond substituents is 1. The number of hydrogen-bond donors (Lipinski definition) is 2. The van der Waals surface area contributed by atoms with Crippen LogP contribution in [-0.4, -0.2) is 32.1 Å². The van der Waals surface area contributed by atoms with E-state index in [1.165, 1.54) is 0 Å². The summed E-state index contributed by atoms with van der Waals surface area (Å²) in [5.74, 6) is 0.858. The molecule has 4 rings (SSSR count). The molecule has 4 aromatic rings. The molecule has 0 aliphatic carbocycles. The smallest absolute Gasteiger partial charge is 0.338 e. The summed E-state index contributed by atoms with van der Waals surface area (Å²) in [6.07, 6.45) is 3.48. The van der Waals surface area contributed by atoms with Gasteiger partial charge in [-0.05, 0) is 43.3 Å². The molecule has 28 heavy (non-hydrogen) atoms. The molecule has 7 heteroatoms. The van der Waals surface area contributed by atoms with Crippen molar-refractivity contribution in [1.82, 2.24) is 14.4 Å². The number of phenols is 1. The first-order valence-corrected chi connectivity index (χ1v) is 8.83. The first-order valence-electron chi connectivity index (χ1n) is 8.83. The van der Waals surface area contributed by atoms with E-state index in [4.69, 9.17) is 4.74 Å². The molecule has 0 atom stereocenters. The summed E-state index contributed by atoms with van der Waals surface area (Å²) in [6, 6.07) is 15.8. The van der Waals surface area contributed by atoms with Crippen molar-refractivity contribution in [1.29, 1.82) is 0 Å². The van der Waals surface area contributed by atoms with E-state index in [1.807, 2.05) is 18.3 Å². The third-order valence-corrected chi connectivity index (χ3v) is 4.20. The van der Waals surface area contributed by atoms with E-state index in [1.54, 1.807) is 60.0 Å². The third kappa shape index (κ3) is 3.25. The van der Waals surface area contributed by atoms with Gasteiger partial charge >= 0.3 is 5.97 Å². The largest absolute Gasteiger partial charge is 0.507 e. The van der Waals surface area contributed by atoms with E-state index in [0.717, 1.165) is 0 Å². The van der Waals surface area contributed by atoms with Crippen LogP contribution in [0.25, 0.3) is 17.0 Å². The number of hydrogen-bond acceptors (Lipinski definition) is 6. The van der Waals surface area contributed by atoms with Crippen LogP contribution in [0.15, 0.2) is 67.0 Å². The van der Waals surface area contributed by atoms with E-state index in [0.29, 0.717) is 40.7 Å². The SMILES string of the molecule is CCOC(=O)c1cccc(Nc2c(-c3ccccc3O)nc3ncccn23)c1. The summed E-state index contributed by atoms with van der Waals surface area (Å²) in [5, 5.41) is 13.6. The zero-order chi connectivity index (χ0) is 19.5. The third-order valence-electron chi connectivity index (χ3n) is 4.20. The number of para-hydroxylation sites is 1. The predicted molar refractivity (Wildman–Crippen MR) is 106 cm³/mol. The second-order valence-electron chi connectivity index (χ2n) is 6.04. The molecule has 2 aromatic carbocycles. The molecular formula is C21H18N4O3. The minimum Gasteiger partial charge on any atom is -0.507 e. The zero-order valence-corrected chi connectivity index (χ0v) is 15.2. The molecule has 0 radical (unpaired) electrons. The van der Waals surface area contributed by atoms with Crippen LogP contribution in [-0.2, 0) is 4.74 Å². The number of imidazole rings is 1. The first kappa shape index (κ1) is 17.5. The normalized spacial score (nSPS) is 10.8. The van der Waals surface area contributed by atoms with Crippen molar-refractivity contribution in [2.75, 3.05) is 11.9 Å². The number of esters is 1. The molecular weight excluding hydrogens is 356 g/mol. The van der Waals surface area contributed by atoms with Gasteiger partial charge in [-0.3, -0.25) is 4.40 Å². The number of carbonyl (C=O) groups excluding carboxylic acids is 1. The average Bonchev–Trinajstić information content (AvgIpc) is 3.07. The number of aromatic hydroxyl groups is 1. The highest BCUT2D eigenvalue weighted by Gasteiger charge is 2.18. The number of ether oxygens (including phenoxy) is 1. The van der Waals surface area contributed by atoms with Crippen LogP contribution >= 0.6 is 0 Å². The van der Waals surface area contributed by atoms with Gasteiger partial charge in [-0.1, -0.05) is 18.2 Å². The minimum atomic E-state index is -0.383. The number of anilines is 2. The Morgan fingerprint density at radius 1 is 1.18 bits per heavy atom. The topological polar surface area (TPSA) is 88.8 Å². The van der Waals surface area contributed by atoms with Crippen LogP contribution in [0.3, 0.4) is 0 Å². The van der Waals surface area contributed by atoms with Gasteiger partial charge in [-0.25, -0.2) is 14.8 Å². The first-order chi connectivity index (χ1) is 13.7. The van der Waals surface area contributed by atoms with Gasteiger partial charge in [-0.2, -0.15) is 0 Å². The number of nitrogens with zero attached hydrogens (tertiary/aromatic N) is 3. The molecule has 0 saturated carbocycles. The van der Waals surface area contributed by atoms with Crippen LogP contribution in [0.1, 0.15) is 17.3 Å². The van der Waals surface area contributed by atoms with Gasteiger partial charge in [0.2, 0.25) is 5.78 Å². The van der Waals surface area contributed by atoms with E-state index in [9.17, 15) is 9.90 Å². The van der Waals surface area contributed by atoms with Crippen molar-refractivity contribution in [2.24, 2.45) is 0 Å². The van der Waals surface area contributed by atoms with Gasteiger partial charge in [-0.15, -0.1) is 0 Å². The molecule has 7 nitrogen and oxygen atoms in total. The van der Waals surface area contributed by atoms with Crippen LogP contribution in [0.4, 0.5) is 11.5 Å². The monoisotopic (exact) mass is 374 g/mol. The Morgan fingerprint density at radius 2 is 2.04 bits per heavy atom. The second-order valence-corrected chi connectivity index (χ2v) is 6.04. The maximum absolute atomic E-state index is 12.0. The molecule has 0 amide bonds. The zero-order valence-electron chi connectivity index (χ0n) is 15.2. The van der Waals surface area contributed by atoms with Gasteiger partial charge in [0, 0.05) is 23.6 Å². The molecule has 0 bridgehead atoms. The molecule has 140 valence electrons. The summed E-state index contributed by atoms with van der Waals surface area (Å²) < 4.78 is 6.86. The Bertz CT molecular complexity index is 1150. The highest BCUT2D eigenvalue weighted by atomic mass is 16.5. The van der Waals surface area contributed by atoms with E-state index >= 15 is 0 Å². The number of fused-ring (bicyclic) bond motifs is 1. The lowest BCUT2D eigenvalue weighted by Gasteiger charge is -2.10. The highest BCUT2D eigenvalue weighted by molar-refractivity contribution is 5.91. The van der Waals surface area contributed by atoms with Gasteiger partial charge in [0.25, 0.3) is 0 Å². The molecule has 0 aliphatic rings. The van der Waals surface area contributed by atoms with Crippen molar-refractivity contribution in [3.63, 3.8) is 0 Å². The van der Waals surface area contributed by atoms with Crippen molar-refractivity contribution in [3.05, 3.63) is 72.6 Å². The maximum atomic E-state index is 12.0. The Labute approximate surface area is 161 Å².